The molecule has 0 saturated heterocycles. The molecule has 3 rings (SSSR count). The number of halogens is 1. The van der Waals surface area contributed by atoms with Gasteiger partial charge in [-0.2, -0.15) is 0 Å². The highest BCUT2D eigenvalue weighted by Crippen LogP contribution is 2.30. The Morgan fingerprint density at radius 1 is 1.10 bits per heavy atom. The lowest BCUT2D eigenvalue weighted by molar-refractivity contribution is 0.410. The number of benzene rings is 2. The fraction of sp³-hybridized carbons (Fsp3) is 0.294. The lowest BCUT2D eigenvalue weighted by Gasteiger charge is -2.13. The van der Waals surface area contributed by atoms with E-state index >= 15 is 0 Å². The summed E-state index contributed by atoms with van der Waals surface area (Å²) in [5, 5.41) is 3.38. The Balaban J connectivity index is 1.78. The molecule has 0 aromatic heterocycles. The van der Waals surface area contributed by atoms with Gasteiger partial charge in [0.1, 0.15) is 11.5 Å². The van der Waals surface area contributed by atoms with Crippen molar-refractivity contribution in [1.29, 1.82) is 0 Å². The van der Waals surface area contributed by atoms with Crippen LogP contribution in [0.15, 0.2) is 42.5 Å². The van der Waals surface area contributed by atoms with E-state index < -0.39 is 0 Å². The molecule has 1 saturated carbocycles. The van der Waals surface area contributed by atoms with E-state index in [0.29, 0.717) is 18.3 Å². The van der Waals surface area contributed by atoms with Crippen molar-refractivity contribution in [3.63, 3.8) is 0 Å². The molecule has 110 valence electrons. The zero-order chi connectivity index (χ0) is 14.7. The molecule has 1 aliphatic carbocycles. The minimum absolute atomic E-state index is 0.288. The molecule has 1 fully saturated rings. The van der Waals surface area contributed by atoms with Gasteiger partial charge in [-0.25, -0.2) is 4.39 Å². The molecule has 4 heteroatoms. The van der Waals surface area contributed by atoms with Gasteiger partial charge < -0.3 is 14.8 Å². The van der Waals surface area contributed by atoms with Crippen LogP contribution in [0.25, 0.3) is 0 Å². The van der Waals surface area contributed by atoms with E-state index in [1.807, 2.05) is 6.07 Å². The summed E-state index contributed by atoms with van der Waals surface area (Å²) in [6.07, 6.45) is 2.40. The van der Waals surface area contributed by atoms with Gasteiger partial charge in [-0.15, -0.1) is 0 Å². The number of para-hydroxylation sites is 1. The average Bonchev–Trinajstić information content (AvgIpc) is 3.33. The van der Waals surface area contributed by atoms with E-state index in [2.05, 4.69) is 5.32 Å². The van der Waals surface area contributed by atoms with Crippen molar-refractivity contribution in [2.45, 2.75) is 25.4 Å². The minimum Gasteiger partial charge on any atom is -0.497 e. The summed E-state index contributed by atoms with van der Waals surface area (Å²) in [5.41, 5.74) is 0.831. The maximum absolute atomic E-state index is 14.0. The highest BCUT2D eigenvalue weighted by molar-refractivity contribution is 5.40. The number of hydrogen-bond donors (Lipinski definition) is 1. The topological polar surface area (TPSA) is 30.5 Å². The van der Waals surface area contributed by atoms with Crippen molar-refractivity contribution in [3.05, 3.63) is 53.8 Å². The minimum atomic E-state index is -0.346. The molecule has 1 aliphatic rings. The van der Waals surface area contributed by atoms with Crippen molar-refractivity contribution in [3.8, 4) is 17.2 Å². The third-order valence-corrected chi connectivity index (χ3v) is 3.49. The largest absolute Gasteiger partial charge is 0.497 e. The summed E-state index contributed by atoms with van der Waals surface area (Å²) in [7, 11) is 1.61. The number of methoxy groups -OCH3 is 1. The molecule has 1 N–H and O–H groups in total. The van der Waals surface area contributed by atoms with Crippen LogP contribution in [-0.2, 0) is 6.54 Å². The molecule has 0 heterocycles. The van der Waals surface area contributed by atoms with Gasteiger partial charge in [0.05, 0.1) is 7.11 Å². The third-order valence-electron chi connectivity index (χ3n) is 3.49. The van der Waals surface area contributed by atoms with Crippen LogP contribution in [0.4, 0.5) is 4.39 Å². The molecule has 21 heavy (non-hydrogen) atoms. The lowest BCUT2D eigenvalue weighted by atomic mass is 10.2. The van der Waals surface area contributed by atoms with Crippen molar-refractivity contribution < 1.29 is 13.9 Å². The molecule has 2 aromatic carbocycles. The van der Waals surface area contributed by atoms with Gasteiger partial charge in [-0.1, -0.05) is 12.1 Å². The Morgan fingerprint density at radius 3 is 2.48 bits per heavy atom. The van der Waals surface area contributed by atoms with Crippen LogP contribution in [0, 0.1) is 5.82 Å². The van der Waals surface area contributed by atoms with Crippen LogP contribution in [0.3, 0.4) is 0 Å². The van der Waals surface area contributed by atoms with E-state index in [1.165, 1.54) is 18.9 Å². The quantitative estimate of drug-likeness (QED) is 0.874. The third kappa shape index (κ3) is 3.52. The molecule has 0 aliphatic heterocycles. The number of ether oxygens (including phenoxy) is 2. The second kappa shape index (κ2) is 6.14. The van der Waals surface area contributed by atoms with Crippen LogP contribution < -0.4 is 14.8 Å². The van der Waals surface area contributed by atoms with Crippen molar-refractivity contribution in [2.24, 2.45) is 0 Å². The van der Waals surface area contributed by atoms with Gasteiger partial charge in [0.2, 0.25) is 0 Å². The Morgan fingerprint density at radius 2 is 1.81 bits per heavy atom. The first-order chi connectivity index (χ1) is 10.3. The molecule has 0 bridgehead atoms. The Kier molecular flexibility index (Phi) is 4.06. The summed E-state index contributed by atoms with van der Waals surface area (Å²) in [6, 6.07) is 12.7. The molecule has 0 unspecified atom stereocenters. The fourth-order valence-electron chi connectivity index (χ4n) is 2.11. The average molecular weight is 287 g/mol. The van der Waals surface area contributed by atoms with Crippen molar-refractivity contribution in [1.82, 2.24) is 5.32 Å². The standard InChI is InChI=1S/C17H18FNO2/c1-20-14-7-9-15(10-8-14)21-17-12(3-2-4-16(17)18)11-19-13-5-6-13/h2-4,7-10,13,19H,5-6,11H2,1H3. The highest BCUT2D eigenvalue weighted by atomic mass is 19.1. The van der Waals surface area contributed by atoms with Crippen LogP contribution in [0.1, 0.15) is 18.4 Å². The first-order valence-electron chi connectivity index (χ1n) is 7.09. The van der Waals surface area contributed by atoms with E-state index in [4.69, 9.17) is 9.47 Å². The SMILES string of the molecule is COc1ccc(Oc2c(F)cccc2CNC2CC2)cc1. The summed E-state index contributed by atoms with van der Waals surface area (Å²) in [4.78, 5) is 0. The summed E-state index contributed by atoms with van der Waals surface area (Å²) < 4.78 is 24.9. The predicted molar refractivity (Wildman–Crippen MR) is 79.3 cm³/mol. The zero-order valence-corrected chi connectivity index (χ0v) is 11.9. The van der Waals surface area contributed by atoms with Crippen LogP contribution in [0.5, 0.6) is 17.2 Å². The number of rotatable bonds is 6. The van der Waals surface area contributed by atoms with Gasteiger partial charge in [-0.3, -0.25) is 0 Å². The second-order valence-electron chi connectivity index (χ2n) is 5.16. The fourth-order valence-corrected chi connectivity index (χ4v) is 2.11. The van der Waals surface area contributed by atoms with Crippen molar-refractivity contribution in [2.75, 3.05) is 7.11 Å². The predicted octanol–water partition coefficient (Wildman–Crippen LogP) is 3.88. The molecule has 2 aromatic rings. The molecule has 0 atom stereocenters. The van der Waals surface area contributed by atoms with E-state index in [1.54, 1.807) is 37.4 Å². The molecule has 3 nitrogen and oxygen atoms in total. The monoisotopic (exact) mass is 287 g/mol. The molecule has 0 spiro atoms. The number of nitrogens with one attached hydrogen (secondary N) is 1. The van der Waals surface area contributed by atoms with Crippen LogP contribution >= 0.6 is 0 Å². The van der Waals surface area contributed by atoms with E-state index in [9.17, 15) is 4.39 Å². The smallest absolute Gasteiger partial charge is 0.167 e. The van der Waals surface area contributed by atoms with E-state index in [-0.39, 0.29) is 11.6 Å². The molecular weight excluding hydrogens is 269 g/mol. The maximum Gasteiger partial charge on any atom is 0.167 e. The summed E-state index contributed by atoms with van der Waals surface area (Å²) >= 11 is 0. The number of hydrogen-bond acceptors (Lipinski definition) is 3. The first kappa shape index (κ1) is 13.9. The summed E-state index contributed by atoms with van der Waals surface area (Å²) in [5.74, 6) is 1.27. The lowest BCUT2D eigenvalue weighted by Crippen LogP contribution is -2.16. The van der Waals surface area contributed by atoms with Crippen molar-refractivity contribution >= 4 is 0 Å². The highest BCUT2D eigenvalue weighted by Gasteiger charge is 2.21. The summed E-state index contributed by atoms with van der Waals surface area (Å²) in [6.45, 7) is 0.619. The second-order valence-corrected chi connectivity index (χ2v) is 5.16. The Bertz CT molecular complexity index is 609. The van der Waals surface area contributed by atoms with Gasteiger partial charge >= 0.3 is 0 Å². The van der Waals surface area contributed by atoms with Gasteiger partial charge in [0, 0.05) is 18.2 Å². The maximum atomic E-state index is 14.0. The molecular formula is C17H18FNO2. The van der Waals surface area contributed by atoms with Gasteiger partial charge in [0.15, 0.2) is 11.6 Å². The Labute approximate surface area is 123 Å². The Hall–Kier alpha value is -2.07. The van der Waals surface area contributed by atoms with Crippen LogP contribution in [0.2, 0.25) is 0 Å². The molecule has 0 radical (unpaired) electrons. The normalized spacial score (nSPS) is 14.0. The van der Waals surface area contributed by atoms with Gasteiger partial charge in [-0.05, 0) is 43.2 Å². The van der Waals surface area contributed by atoms with Crippen LogP contribution in [-0.4, -0.2) is 13.2 Å². The van der Waals surface area contributed by atoms with E-state index in [0.717, 1.165) is 11.3 Å². The molecule has 0 amide bonds. The van der Waals surface area contributed by atoms with Gasteiger partial charge in [0.25, 0.3) is 0 Å². The first-order valence-corrected chi connectivity index (χ1v) is 7.09. The zero-order valence-electron chi connectivity index (χ0n) is 11.9.